The summed E-state index contributed by atoms with van der Waals surface area (Å²) in [6.07, 6.45) is 0.949. The van der Waals surface area contributed by atoms with Gasteiger partial charge in [-0.05, 0) is 48.5 Å². The molecule has 2 aromatic rings. The van der Waals surface area contributed by atoms with Crippen molar-refractivity contribution in [2.24, 2.45) is 0 Å². The van der Waals surface area contributed by atoms with Crippen LogP contribution in [0.25, 0.3) is 0 Å². The number of halogens is 1. The number of hydrogen-bond donors (Lipinski definition) is 3. The standard InChI is InChI=1S/C21H25FN4OS/c1-2-16-6-3-4-9-19(16)24-21(28)26-12-10-25(11-13-26)15-20(27)23-18-8-5-7-17(22)14-18/h3-9,14H,2,10-13,15H2,1H3,(H,23,27)(H,24,28)/p+1. The van der Waals surface area contributed by atoms with Crippen molar-refractivity contribution in [2.75, 3.05) is 43.4 Å². The fraction of sp³-hybridized carbons (Fsp3) is 0.333. The van der Waals surface area contributed by atoms with Crippen molar-refractivity contribution in [3.8, 4) is 0 Å². The molecule has 3 N–H and O–H groups in total. The summed E-state index contributed by atoms with van der Waals surface area (Å²) in [4.78, 5) is 15.6. The lowest BCUT2D eigenvalue weighted by molar-refractivity contribution is -0.895. The monoisotopic (exact) mass is 401 g/mol. The fourth-order valence-electron chi connectivity index (χ4n) is 3.35. The highest BCUT2D eigenvalue weighted by Gasteiger charge is 2.24. The van der Waals surface area contributed by atoms with Crippen LogP contribution in [0, 0.1) is 5.82 Å². The van der Waals surface area contributed by atoms with E-state index in [1.165, 1.54) is 22.6 Å². The largest absolute Gasteiger partial charge is 0.338 e. The van der Waals surface area contributed by atoms with Gasteiger partial charge >= 0.3 is 0 Å². The molecule has 1 amide bonds. The van der Waals surface area contributed by atoms with Crippen molar-refractivity contribution in [3.63, 3.8) is 0 Å². The predicted octanol–water partition coefficient (Wildman–Crippen LogP) is 1.92. The first-order valence-corrected chi connectivity index (χ1v) is 9.99. The van der Waals surface area contributed by atoms with Crippen LogP contribution in [-0.2, 0) is 11.2 Å². The van der Waals surface area contributed by atoms with E-state index in [4.69, 9.17) is 12.2 Å². The van der Waals surface area contributed by atoms with Gasteiger partial charge in [-0.2, -0.15) is 0 Å². The van der Waals surface area contributed by atoms with E-state index in [0.29, 0.717) is 12.2 Å². The second-order valence-corrected chi connectivity index (χ2v) is 7.30. The van der Waals surface area contributed by atoms with Gasteiger partial charge in [0.1, 0.15) is 5.82 Å². The minimum absolute atomic E-state index is 0.105. The molecule has 2 aromatic carbocycles. The topological polar surface area (TPSA) is 48.8 Å². The molecule has 0 unspecified atom stereocenters. The summed E-state index contributed by atoms with van der Waals surface area (Å²) >= 11 is 5.58. The van der Waals surface area contributed by atoms with E-state index >= 15 is 0 Å². The smallest absolute Gasteiger partial charge is 0.279 e. The molecule has 0 bridgehead atoms. The average molecular weight is 402 g/mol. The SMILES string of the molecule is CCc1ccccc1NC(=S)N1CC[NH+](CC(=O)Nc2cccc(F)c2)CC1. The van der Waals surface area contributed by atoms with Crippen molar-refractivity contribution in [2.45, 2.75) is 13.3 Å². The molecule has 7 heteroatoms. The van der Waals surface area contributed by atoms with Gasteiger partial charge in [-0.15, -0.1) is 0 Å². The van der Waals surface area contributed by atoms with Crippen LogP contribution in [0.5, 0.6) is 0 Å². The lowest BCUT2D eigenvalue weighted by Gasteiger charge is -2.33. The summed E-state index contributed by atoms with van der Waals surface area (Å²) in [6.45, 7) is 5.73. The number of anilines is 2. The molecular weight excluding hydrogens is 375 g/mol. The maximum absolute atomic E-state index is 13.2. The third-order valence-electron chi connectivity index (χ3n) is 4.92. The Kier molecular flexibility index (Phi) is 6.95. The molecule has 0 aromatic heterocycles. The Balaban J connectivity index is 1.46. The minimum Gasteiger partial charge on any atom is -0.338 e. The number of para-hydroxylation sites is 1. The number of quaternary nitrogens is 1. The molecule has 28 heavy (non-hydrogen) atoms. The molecule has 1 aliphatic rings. The highest BCUT2D eigenvalue weighted by Crippen LogP contribution is 2.16. The van der Waals surface area contributed by atoms with E-state index < -0.39 is 0 Å². The van der Waals surface area contributed by atoms with Gasteiger partial charge in [0.15, 0.2) is 11.7 Å². The maximum Gasteiger partial charge on any atom is 0.279 e. The van der Waals surface area contributed by atoms with Gasteiger partial charge in [-0.3, -0.25) is 4.79 Å². The molecular formula is C21H26FN4OS+. The summed E-state index contributed by atoms with van der Waals surface area (Å²) in [5.74, 6) is -0.462. The number of benzene rings is 2. The Labute approximate surface area is 170 Å². The van der Waals surface area contributed by atoms with Gasteiger partial charge in [0.2, 0.25) is 0 Å². The molecule has 0 atom stereocenters. The van der Waals surface area contributed by atoms with Crippen molar-refractivity contribution < 1.29 is 14.1 Å². The average Bonchev–Trinajstić information content (AvgIpc) is 2.69. The number of nitrogens with one attached hydrogen (secondary N) is 3. The number of aryl methyl sites for hydroxylation is 1. The molecule has 148 valence electrons. The number of piperazine rings is 1. The van der Waals surface area contributed by atoms with Crippen LogP contribution in [0.15, 0.2) is 48.5 Å². The van der Waals surface area contributed by atoms with Crippen LogP contribution in [-0.4, -0.2) is 48.6 Å². The fourth-order valence-corrected chi connectivity index (χ4v) is 3.64. The van der Waals surface area contributed by atoms with Gasteiger partial charge in [-0.1, -0.05) is 31.2 Å². The minimum atomic E-state index is -0.357. The molecule has 3 rings (SSSR count). The molecule has 5 nitrogen and oxygen atoms in total. The molecule has 0 aliphatic carbocycles. The van der Waals surface area contributed by atoms with Crippen LogP contribution in [0.2, 0.25) is 0 Å². The van der Waals surface area contributed by atoms with E-state index in [0.717, 1.165) is 43.4 Å². The van der Waals surface area contributed by atoms with Crippen LogP contribution in [0.3, 0.4) is 0 Å². The van der Waals surface area contributed by atoms with Crippen molar-refractivity contribution in [3.05, 3.63) is 59.9 Å². The van der Waals surface area contributed by atoms with E-state index in [2.05, 4.69) is 28.5 Å². The van der Waals surface area contributed by atoms with Crippen molar-refractivity contribution in [1.29, 1.82) is 0 Å². The highest BCUT2D eigenvalue weighted by atomic mass is 32.1. The maximum atomic E-state index is 13.2. The number of thiocarbonyl (C=S) groups is 1. The van der Waals surface area contributed by atoms with E-state index in [1.807, 2.05) is 18.2 Å². The molecule has 1 fully saturated rings. The number of nitrogens with zero attached hydrogens (tertiary/aromatic N) is 1. The van der Waals surface area contributed by atoms with Crippen LogP contribution >= 0.6 is 12.2 Å². The molecule has 1 saturated heterocycles. The molecule has 1 heterocycles. The summed E-state index contributed by atoms with van der Waals surface area (Å²) in [5.41, 5.74) is 2.78. The number of rotatable bonds is 5. The third-order valence-corrected chi connectivity index (χ3v) is 5.28. The molecule has 0 radical (unpaired) electrons. The number of amides is 1. The summed E-state index contributed by atoms with van der Waals surface area (Å²) < 4.78 is 13.2. The summed E-state index contributed by atoms with van der Waals surface area (Å²) in [5, 5.41) is 6.84. The summed E-state index contributed by atoms with van der Waals surface area (Å²) in [6, 6.07) is 14.1. The second-order valence-electron chi connectivity index (χ2n) is 6.91. The van der Waals surface area contributed by atoms with Gasteiger partial charge in [0.05, 0.1) is 26.2 Å². The zero-order valence-corrected chi connectivity index (χ0v) is 16.8. The quantitative estimate of drug-likeness (QED) is 0.670. The van der Waals surface area contributed by atoms with Crippen LogP contribution in [0.1, 0.15) is 12.5 Å². The Bertz CT molecular complexity index is 837. The van der Waals surface area contributed by atoms with Gasteiger partial charge in [-0.25, -0.2) is 4.39 Å². The first kappa shape index (κ1) is 20.2. The second kappa shape index (κ2) is 9.61. The zero-order valence-electron chi connectivity index (χ0n) is 16.0. The van der Waals surface area contributed by atoms with Crippen molar-refractivity contribution in [1.82, 2.24) is 4.90 Å². The van der Waals surface area contributed by atoms with E-state index in [1.54, 1.807) is 12.1 Å². The Morgan fingerprint density at radius 2 is 1.89 bits per heavy atom. The zero-order chi connectivity index (χ0) is 19.9. The van der Waals surface area contributed by atoms with Crippen LogP contribution < -0.4 is 15.5 Å². The van der Waals surface area contributed by atoms with Crippen molar-refractivity contribution >= 4 is 34.6 Å². The number of carbonyl (C=O) groups is 1. The van der Waals surface area contributed by atoms with Gasteiger partial charge in [0, 0.05) is 11.4 Å². The lowest BCUT2D eigenvalue weighted by Crippen LogP contribution is -3.15. The number of hydrogen-bond acceptors (Lipinski definition) is 2. The molecule has 0 saturated carbocycles. The first-order chi connectivity index (χ1) is 13.5. The number of carbonyl (C=O) groups excluding carboxylic acids is 1. The Morgan fingerprint density at radius 1 is 1.14 bits per heavy atom. The van der Waals surface area contributed by atoms with Gasteiger partial charge < -0.3 is 20.4 Å². The Hall–Kier alpha value is -2.51. The highest BCUT2D eigenvalue weighted by molar-refractivity contribution is 7.80. The lowest BCUT2D eigenvalue weighted by atomic mass is 10.1. The van der Waals surface area contributed by atoms with Crippen LogP contribution in [0.4, 0.5) is 15.8 Å². The normalized spacial score (nSPS) is 14.6. The van der Waals surface area contributed by atoms with E-state index in [9.17, 15) is 9.18 Å². The Morgan fingerprint density at radius 3 is 2.61 bits per heavy atom. The molecule has 1 aliphatic heterocycles. The third kappa shape index (κ3) is 5.50. The predicted molar refractivity (Wildman–Crippen MR) is 114 cm³/mol. The van der Waals surface area contributed by atoms with Gasteiger partial charge in [0.25, 0.3) is 5.91 Å². The summed E-state index contributed by atoms with van der Waals surface area (Å²) in [7, 11) is 0. The first-order valence-electron chi connectivity index (χ1n) is 9.58. The molecule has 0 spiro atoms. The van der Waals surface area contributed by atoms with E-state index in [-0.39, 0.29) is 11.7 Å².